The van der Waals surface area contributed by atoms with Crippen molar-refractivity contribution in [1.82, 2.24) is 15.1 Å². The highest BCUT2D eigenvalue weighted by atomic mass is 16.7. The van der Waals surface area contributed by atoms with Gasteiger partial charge in [0.25, 0.3) is 0 Å². The summed E-state index contributed by atoms with van der Waals surface area (Å²) in [6, 6.07) is 3.96. The topological polar surface area (TPSA) is 71.7 Å². The van der Waals surface area contributed by atoms with E-state index in [4.69, 9.17) is 23.6 Å². The Morgan fingerprint density at radius 2 is 2.03 bits per heavy atom. The third kappa shape index (κ3) is 6.44. The molecule has 4 heterocycles. The highest BCUT2D eigenvalue weighted by Gasteiger charge is 2.42. The normalized spacial score (nSPS) is 25.1. The number of likely N-dealkylation sites (tertiary alicyclic amines) is 1. The van der Waals surface area contributed by atoms with Gasteiger partial charge in [0.2, 0.25) is 0 Å². The third-order valence-electron chi connectivity index (χ3n) is 6.56. The Labute approximate surface area is 185 Å². The second kappa shape index (κ2) is 11.3. The van der Waals surface area contributed by atoms with Crippen LogP contribution in [0.2, 0.25) is 0 Å². The Balaban J connectivity index is 1.33. The van der Waals surface area contributed by atoms with Crippen LogP contribution in [0, 0.1) is 5.92 Å². The predicted molar refractivity (Wildman–Crippen MR) is 119 cm³/mol. The first-order valence-corrected chi connectivity index (χ1v) is 11.9. The van der Waals surface area contributed by atoms with Gasteiger partial charge in [-0.2, -0.15) is 0 Å². The number of ether oxygens (including phenoxy) is 3. The summed E-state index contributed by atoms with van der Waals surface area (Å²) in [6.45, 7) is 11.9. The van der Waals surface area contributed by atoms with Crippen LogP contribution in [0.25, 0.3) is 0 Å². The van der Waals surface area contributed by atoms with Gasteiger partial charge in [-0.1, -0.05) is 0 Å². The summed E-state index contributed by atoms with van der Waals surface area (Å²) >= 11 is 0. The van der Waals surface area contributed by atoms with Crippen LogP contribution in [0.15, 0.2) is 27.8 Å². The van der Waals surface area contributed by atoms with Crippen LogP contribution in [-0.2, 0) is 20.6 Å². The molecule has 0 bridgehead atoms. The standard InChI is InChI=1S/C23H38N4O4/c1-23(30-17-18-31-23)20-5-2-11-27(19-20)22(25-9-7-21-6-3-14-29-21)24-8-4-10-26-12-15-28-16-13-26/h3,6,14,20H,2,4-5,7-13,15-19H2,1H3,(H,24,25). The Bertz CT molecular complexity index is 669. The number of nitrogens with zero attached hydrogens (tertiary/aromatic N) is 3. The van der Waals surface area contributed by atoms with Crippen LogP contribution in [0.4, 0.5) is 0 Å². The van der Waals surface area contributed by atoms with Crippen molar-refractivity contribution >= 4 is 5.96 Å². The van der Waals surface area contributed by atoms with Gasteiger partial charge in [0.05, 0.1) is 32.7 Å². The zero-order valence-electron chi connectivity index (χ0n) is 18.9. The molecule has 0 aromatic carbocycles. The van der Waals surface area contributed by atoms with E-state index in [0.717, 1.165) is 96.4 Å². The average molecular weight is 435 g/mol. The first-order chi connectivity index (χ1) is 15.2. The summed E-state index contributed by atoms with van der Waals surface area (Å²) < 4.78 is 22.9. The Kier molecular flexibility index (Phi) is 8.24. The van der Waals surface area contributed by atoms with Crippen molar-refractivity contribution in [1.29, 1.82) is 0 Å². The zero-order chi connectivity index (χ0) is 21.4. The quantitative estimate of drug-likeness (QED) is 0.381. The van der Waals surface area contributed by atoms with Crippen molar-refractivity contribution in [2.24, 2.45) is 10.9 Å². The van der Waals surface area contributed by atoms with Crippen molar-refractivity contribution < 1.29 is 18.6 Å². The van der Waals surface area contributed by atoms with Crippen LogP contribution in [0.5, 0.6) is 0 Å². The number of rotatable bonds is 8. The Hall–Kier alpha value is -1.61. The number of guanidine groups is 1. The van der Waals surface area contributed by atoms with Gasteiger partial charge in [-0.05, 0) is 38.3 Å². The Morgan fingerprint density at radius 3 is 2.81 bits per heavy atom. The number of piperidine rings is 1. The van der Waals surface area contributed by atoms with E-state index in [-0.39, 0.29) is 0 Å². The van der Waals surface area contributed by atoms with E-state index >= 15 is 0 Å². The summed E-state index contributed by atoms with van der Waals surface area (Å²) in [5.74, 6) is 1.89. The molecule has 31 heavy (non-hydrogen) atoms. The first kappa shape index (κ1) is 22.6. The maximum atomic E-state index is 5.97. The molecular weight excluding hydrogens is 396 g/mol. The van der Waals surface area contributed by atoms with Gasteiger partial charge in [-0.25, -0.2) is 0 Å². The highest BCUT2D eigenvalue weighted by molar-refractivity contribution is 5.80. The van der Waals surface area contributed by atoms with E-state index in [0.29, 0.717) is 19.1 Å². The largest absolute Gasteiger partial charge is 0.469 e. The lowest BCUT2D eigenvalue weighted by atomic mass is 9.90. The zero-order valence-corrected chi connectivity index (χ0v) is 18.9. The molecule has 1 unspecified atom stereocenters. The van der Waals surface area contributed by atoms with E-state index in [1.165, 1.54) is 0 Å². The minimum Gasteiger partial charge on any atom is -0.469 e. The summed E-state index contributed by atoms with van der Waals surface area (Å²) in [6.07, 6.45) is 5.89. The van der Waals surface area contributed by atoms with Gasteiger partial charge in [0, 0.05) is 58.2 Å². The second-order valence-corrected chi connectivity index (χ2v) is 8.77. The molecule has 1 N–H and O–H groups in total. The van der Waals surface area contributed by atoms with Crippen LogP contribution in [0.3, 0.4) is 0 Å². The van der Waals surface area contributed by atoms with Crippen LogP contribution in [0.1, 0.15) is 31.9 Å². The van der Waals surface area contributed by atoms with Gasteiger partial charge < -0.3 is 28.8 Å². The lowest BCUT2D eigenvalue weighted by molar-refractivity contribution is -0.189. The van der Waals surface area contributed by atoms with Gasteiger partial charge in [0.1, 0.15) is 5.76 Å². The molecule has 8 nitrogen and oxygen atoms in total. The summed E-state index contributed by atoms with van der Waals surface area (Å²) in [7, 11) is 0. The molecule has 0 spiro atoms. The minimum atomic E-state index is -0.464. The van der Waals surface area contributed by atoms with E-state index in [9.17, 15) is 0 Å². The molecule has 174 valence electrons. The Morgan fingerprint density at radius 1 is 1.19 bits per heavy atom. The molecule has 1 atom stereocenters. The summed E-state index contributed by atoms with van der Waals surface area (Å²) in [5, 5.41) is 3.59. The first-order valence-electron chi connectivity index (χ1n) is 11.9. The molecule has 8 heteroatoms. The van der Waals surface area contributed by atoms with Gasteiger partial charge >= 0.3 is 0 Å². The van der Waals surface area contributed by atoms with Crippen LogP contribution >= 0.6 is 0 Å². The number of hydrogen-bond acceptors (Lipinski definition) is 6. The number of furan rings is 1. The smallest absolute Gasteiger partial charge is 0.193 e. The van der Waals surface area contributed by atoms with Gasteiger partial charge in [-0.15, -0.1) is 0 Å². The van der Waals surface area contributed by atoms with E-state index in [2.05, 4.69) is 22.0 Å². The number of hydrogen-bond donors (Lipinski definition) is 1. The molecule has 1 aromatic heterocycles. The molecule has 3 aliphatic heterocycles. The monoisotopic (exact) mass is 434 g/mol. The van der Waals surface area contributed by atoms with Crippen LogP contribution < -0.4 is 5.32 Å². The fraction of sp³-hybridized carbons (Fsp3) is 0.783. The molecule has 0 aliphatic carbocycles. The van der Waals surface area contributed by atoms with Crippen molar-refractivity contribution in [3.05, 3.63) is 24.2 Å². The fourth-order valence-corrected chi connectivity index (χ4v) is 4.69. The molecule has 1 aromatic rings. The summed E-state index contributed by atoms with van der Waals surface area (Å²) in [4.78, 5) is 9.85. The van der Waals surface area contributed by atoms with Crippen molar-refractivity contribution in [3.8, 4) is 0 Å². The molecule has 0 radical (unpaired) electrons. The second-order valence-electron chi connectivity index (χ2n) is 8.77. The van der Waals surface area contributed by atoms with Crippen molar-refractivity contribution in [3.63, 3.8) is 0 Å². The third-order valence-corrected chi connectivity index (χ3v) is 6.56. The van der Waals surface area contributed by atoms with E-state index in [1.807, 2.05) is 12.1 Å². The number of aliphatic imine (C=N–C) groups is 1. The van der Waals surface area contributed by atoms with Crippen molar-refractivity contribution in [2.75, 3.05) is 72.2 Å². The maximum absolute atomic E-state index is 5.97. The lowest BCUT2D eigenvalue weighted by Gasteiger charge is -2.41. The fourth-order valence-electron chi connectivity index (χ4n) is 4.69. The SMILES string of the molecule is CC1(C2CCCN(C(=NCCCN3CCOCC3)NCCc3ccco3)C2)OCCO1. The summed E-state index contributed by atoms with van der Waals surface area (Å²) in [5.41, 5.74) is 0. The van der Waals surface area contributed by atoms with Crippen LogP contribution in [-0.4, -0.2) is 93.8 Å². The lowest BCUT2D eigenvalue weighted by Crippen LogP contribution is -2.52. The minimum absolute atomic E-state index is 0.356. The number of nitrogens with one attached hydrogen (secondary N) is 1. The van der Waals surface area contributed by atoms with Crippen molar-refractivity contribution in [2.45, 2.75) is 38.4 Å². The molecular formula is C23H38N4O4. The van der Waals surface area contributed by atoms with Gasteiger partial charge in [0.15, 0.2) is 11.7 Å². The average Bonchev–Trinajstić information content (AvgIpc) is 3.49. The van der Waals surface area contributed by atoms with Gasteiger partial charge in [-0.3, -0.25) is 9.89 Å². The molecule has 3 saturated heterocycles. The molecule has 0 amide bonds. The molecule has 3 aliphatic rings. The highest BCUT2D eigenvalue weighted by Crippen LogP contribution is 2.34. The molecule has 4 rings (SSSR count). The van der Waals surface area contributed by atoms with E-state index < -0.39 is 5.79 Å². The van der Waals surface area contributed by atoms with E-state index in [1.54, 1.807) is 6.26 Å². The molecule has 3 fully saturated rings. The molecule has 0 saturated carbocycles. The predicted octanol–water partition coefficient (Wildman–Crippen LogP) is 1.97. The maximum Gasteiger partial charge on any atom is 0.193 e. The number of morpholine rings is 1.